The average molecular weight is 481 g/mol. The molecule has 6 nitrogen and oxygen atoms in total. The molecule has 156 valence electrons. The van der Waals surface area contributed by atoms with Gasteiger partial charge >= 0.3 is 0 Å². The predicted molar refractivity (Wildman–Crippen MR) is 115 cm³/mol. The van der Waals surface area contributed by atoms with E-state index in [1.807, 2.05) is 38.1 Å². The fraction of sp³-hybridized carbons (Fsp3) is 0.381. The third kappa shape index (κ3) is 5.06. The molecule has 2 unspecified atom stereocenters. The summed E-state index contributed by atoms with van der Waals surface area (Å²) in [6.07, 6.45) is -0.305. The number of sulfonamides is 1. The fourth-order valence-corrected chi connectivity index (χ4v) is 5.42. The van der Waals surface area contributed by atoms with Crippen molar-refractivity contribution in [2.45, 2.75) is 37.5 Å². The molecule has 1 aliphatic heterocycles. The first-order valence-electron chi connectivity index (χ1n) is 9.43. The fourth-order valence-electron chi connectivity index (χ4n) is 3.42. The van der Waals surface area contributed by atoms with Gasteiger partial charge in [0, 0.05) is 36.7 Å². The van der Waals surface area contributed by atoms with Crippen molar-refractivity contribution in [3.63, 3.8) is 0 Å². The standard InChI is InChI=1S/C21H25BrN2O4S/c1-15-12-24(13-16(2)28-15)29(26,27)19-10-8-17(9-11-19)21(25)23(3)14-18-6-4-5-7-20(18)22/h4-11,15-16H,12-14H2,1-3H3. The molecule has 29 heavy (non-hydrogen) atoms. The lowest BCUT2D eigenvalue weighted by molar-refractivity contribution is -0.0440. The van der Waals surface area contributed by atoms with Gasteiger partial charge in [-0.3, -0.25) is 4.79 Å². The van der Waals surface area contributed by atoms with E-state index < -0.39 is 10.0 Å². The first kappa shape index (κ1) is 22.0. The number of nitrogens with zero attached hydrogens (tertiary/aromatic N) is 2. The van der Waals surface area contributed by atoms with Gasteiger partial charge in [-0.15, -0.1) is 0 Å². The average Bonchev–Trinajstić information content (AvgIpc) is 2.68. The summed E-state index contributed by atoms with van der Waals surface area (Å²) in [5, 5.41) is 0. The van der Waals surface area contributed by atoms with Gasteiger partial charge in [-0.2, -0.15) is 4.31 Å². The minimum Gasteiger partial charge on any atom is -0.373 e. The van der Waals surface area contributed by atoms with Crippen LogP contribution in [0.3, 0.4) is 0 Å². The number of hydrogen-bond donors (Lipinski definition) is 0. The smallest absolute Gasteiger partial charge is 0.253 e. The maximum absolute atomic E-state index is 12.9. The lowest BCUT2D eigenvalue weighted by atomic mass is 10.1. The highest BCUT2D eigenvalue weighted by Gasteiger charge is 2.32. The Kier molecular flexibility index (Phi) is 6.78. The van der Waals surface area contributed by atoms with Crippen molar-refractivity contribution >= 4 is 31.9 Å². The molecular weight excluding hydrogens is 456 g/mol. The molecular formula is C21H25BrN2O4S. The summed E-state index contributed by atoms with van der Waals surface area (Å²) in [7, 11) is -1.90. The van der Waals surface area contributed by atoms with Gasteiger partial charge in [0.25, 0.3) is 5.91 Å². The second-order valence-electron chi connectivity index (χ2n) is 7.36. The zero-order valence-corrected chi connectivity index (χ0v) is 19.1. The van der Waals surface area contributed by atoms with Gasteiger partial charge in [0.1, 0.15) is 0 Å². The van der Waals surface area contributed by atoms with E-state index >= 15 is 0 Å². The number of halogens is 1. The van der Waals surface area contributed by atoms with Gasteiger partial charge in [-0.05, 0) is 49.7 Å². The largest absolute Gasteiger partial charge is 0.373 e. The maximum atomic E-state index is 12.9. The van der Waals surface area contributed by atoms with Crippen molar-refractivity contribution in [3.8, 4) is 0 Å². The minimum atomic E-state index is -3.62. The monoisotopic (exact) mass is 480 g/mol. The molecule has 0 N–H and O–H groups in total. The summed E-state index contributed by atoms with van der Waals surface area (Å²) < 4.78 is 33.9. The van der Waals surface area contributed by atoms with Crippen LogP contribution in [0.25, 0.3) is 0 Å². The van der Waals surface area contributed by atoms with E-state index in [1.54, 1.807) is 24.1 Å². The highest BCUT2D eigenvalue weighted by atomic mass is 79.9. The van der Waals surface area contributed by atoms with Crippen molar-refractivity contribution < 1.29 is 17.9 Å². The second-order valence-corrected chi connectivity index (χ2v) is 10.1. The number of rotatable bonds is 5. The highest BCUT2D eigenvalue weighted by molar-refractivity contribution is 9.10. The van der Waals surface area contributed by atoms with Crippen molar-refractivity contribution in [3.05, 3.63) is 64.1 Å². The molecule has 2 aromatic rings. The minimum absolute atomic E-state index is 0.152. The Balaban J connectivity index is 1.73. The summed E-state index contributed by atoms with van der Waals surface area (Å²) in [5.41, 5.74) is 1.44. The van der Waals surface area contributed by atoms with E-state index in [1.165, 1.54) is 16.4 Å². The number of carbonyl (C=O) groups is 1. The summed E-state index contributed by atoms with van der Waals surface area (Å²) in [6, 6.07) is 13.9. The van der Waals surface area contributed by atoms with Crippen LogP contribution in [0.4, 0.5) is 0 Å². The normalized spacial score (nSPS) is 20.4. The first-order valence-corrected chi connectivity index (χ1v) is 11.7. The zero-order valence-electron chi connectivity index (χ0n) is 16.7. The topological polar surface area (TPSA) is 66.9 Å². The van der Waals surface area contributed by atoms with Crippen molar-refractivity contribution in [1.82, 2.24) is 9.21 Å². The molecule has 0 aliphatic carbocycles. The van der Waals surface area contributed by atoms with E-state index in [9.17, 15) is 13.2 Å². The van der Waals surface area contributed by atoms with Crippen molar-refractivity contribution in [2.24, 2.45) is 0 Å². The maximum Gasteiger partial charge on any atom is 0.253 e. The van der Waals surface area contributed by atoms with Crippen LogP contribution in [0.1, 0.15) is 29.8 Å². The zero-order chi connectivity index (χ0) is 21.2. The SMILES string of the molecule is CC1CN(S(=O)(=O)c2ccc(C(=O)N(C)Cc3ccccc3Br)cc2)CC(C)O1. The molecule has 0 spiro atoms. The second kappa shape index (κ2) is 8.95. The third-order valence-electron chi connectivity index (χ3n) is 4.84. The van der Waals surface area contributed by atoms with Crippen LogP contribution < -0.4 is 0 Å². The molecule has 0 saturated carbocycles. The van der Waals surface area contributed by atoms with Gasteiger partial charge in [0.05, 0.1) is 17.1 Å². The van der Waals surface area contributed by atoms with Gasteiger partial charge in [-0.25, -0.2) is 8.42 Å². The summed E-state index contributed by atoms with van der Waals surface area (Å²) >= 11 is 3.49. The highest BCUT2D eigenvalue weighted by Crippen LogP contribution is 2.22. The number of ether oxygens (including phenoxy) is 1. The molecule has 1 fully saturated rings. The Morgan fingerprint density at radius 3 is 2.28 bits per heavy atom. The summed E-state index contributed by atoms with van der Waals surface area (Å²) in [5.74, 6) is -0.168. The molecule has 2 aromatic carbocycles. The Bertz CT molecular complexity index is 968. The Morgan fingerprint density at radius 1 is 1.10 bits per heavy atom. The lowest BCUT2D eigenvalue weighted by Crippen LogP contribution is -2.48. The number of benzene rings is 2. The van der Waals surface area contributed by atoms with E-state index in [-0.39, 0.29) is 23.0 Å². The molecule has 1 amide bonds. The van der Waals surface area contributed by atoms with Gasteiger partial charge in [0.15, 0.2) is 0 Å². The van der Waals surface area contributed by atoms with E-state index in [2.05, 4.69) is 15.9 Å². The van der Waals surface area contributed by atoms with Crippen LogP contribution in [0.2, 0.25) is 0 Å². The van der Waals surface area contributed by atoms with Crippen LogP contribution in [0.15, 0.2) is 57.9 Å². The van der Waals surface area contributed by atoms with Gasteiger partial charge < -0.3 is 9.64 Å². The molecule has 0 bridgehead atoms. The number of hydrogen-bond acceptors (Lipinski definition) is 4. The van der Waals surface area contributed by atoms with E-state index in [0.29, 0.717) is 25.2 Å². The van der Waals surface area contributed by atoms with Crippen LogP contribution in [-0.2, 0) is 21.3 Å². The number of carbonyl (C=O) groups excluding carboxylic acids is 1. The Morgan fingerprint density at radius 2 is 1.69 bits per heavy atom. The molecule has 0 radical (unpaired) electrons. The Hall–Kier alpha value is -1.74. The lowest BCUT2D eigenvalue weighted by Gasteiger charge is -2.34. The molecule has 1 heterocycles. The van der Waals surface area contributed by atoms with Crippen LogP contribution in [0, 0.1) is 0 Å². The quantitative estimate of drug-likeness (QED) is 0.656. The third-order valence-corrected chi connectivity index (χ3v) is 7.46. The summed E-state index contributed by atoms with van der Waals surface area (Å²) in [6.45, 7) is 4.82. The van der Waals surface area contributed by atoms with Gasteiger partial charge in [-0.1, -0.05) is 34.1 Å². The molecule has 3 rings (SSSR count). The van der Waals surface area contributed by atoms with E-state index in [0.717, 1.165) is 10.0 Å². The van der Waals surface area contributed by atoms with Gasteiger partial charge in [0.2, 0.25) is 10.0 Å². The Labute approximate surface area is 180 Å². The first-order chi connectivity index (χ1) is 13.7. The molecule has 0 aromatic heterocycles. The van der Waals surface area contributed by atoms with Crippen LogP contribution >= 0.6 is 15.9 Å². The predicted octanol–water partition coefficient (Wildman–Crippen LogP) is 3.52. The van der Waals surface area contributed by atoms with Crippen molar-refractivity contribution in [1.29, 1.82) is 0 Å². The number of amides is 1. The van der Waals surface area contributed by atoms with Crippen LogP contribution in [0.5, 0.6) is 0 Å². The molecule has 8 heteroatoms. The molecule has 1 saturated heterocycles. The van der Waals surface area contributed by atoms with E-state index in [4.69, 9.17) is 4.74 Å². The summed E-state index contributed by atoms with van der Waals surface area (Å²) in [4.78, 5) is 14.5. The molecule has 1 aliphatic rings. The number of morpholine rings is 1. The van der Waals surface area contributed by atoms with Crippen molar-refractivity contribution in [2.75, 3.05) is 20.1 Å². The molecule has 2 atom stereocenters. The van der Waals surface area contributed by atoms with Crippen LogP contribution in [-0.4, -0.2) is 55.9 Å².